The van der Waals surface area contributed by atoms with E-state index in [2.05, 4.69) is 0 Å². The summed E-state index contributed by atoms with van der Waals surface area (Å²) in [5.41, 5.74) is 0. The van der Waals surface area contributed by atoms with Gasteiger partial charge in [0.2, 0.25) is 5.91 Å². The van der Waals surface area contributed by atoms with Crippen LogP contribution in [0.5, 0.6) is 0 Å². The molecule has 1 saturated carbocycles. The van der Waals surface area contributed by atoms with Crippen molar-refractivity contribution in [2.24, 2.45) is 11.8 Å². The molecule has 2 fully saturated rings. The van der Waals surface area contributed by atoms with Crippen molar-refractivity contribution in [2.75, 3.05) is 13.1 Å². The summed E-state index contributed by atoms with van der Waals surface area (Å²) >= 11 is 0. The molecule has 6 heteroatoms. The number of nitrogens with zero attached hydrogens (tertiary/aromatic N) is 1. The molecule has 6 nitrogen and oxygen atoms in total. The Morgan fingerprint density at radius 2 is 1.53 bits per heavy atom. The first-order valence-corrected chi connectivity index (χ1v) is 5.88. The lowest BCUT2D eigenvalue weighted by Crippen LogP contribution is -2.38. The Morgan fingerprint density at radius 3 is 2.06 bits per heavy atom. The number of amides is 1. The Bertz CT molecular complexity index is 322. The van der Waals surface area contributed by atoms with Crippen molar-refractivity contribution in [1.82, 2.24) is 4.90 Å². The molecule has 1 heterocycles. The van der Waals surface area contributed by atoms with Crippen LogP contribution in [0.1, 0.15) is 19.3 Å². The van der Waals surface area contributed by atoms with Gasteiger partial charge in [0.05, 0.1) is 24.0 Å². The summed E-state index contributed by atoms with van der Waals surface area (Å²) in [5, 5.41) is 27.8. The molecule has 1 amide bonds. The van der Waals surface area contributed by atoms with Crippen molar-refractivity contribution < 1.29 is 24.9 Å². The highest BCUT2D eigenvalue weighted by Gasteiger charge is 2.42. The first-order valence-electron chi connectivity index (χ1n) is 5.88. The molecule has 0 aromatic carbocycles. The van der Waals surface area contributed by atoms with Gasteiger partial charge in [-0.2, -0.15) is 0 Å². The monoisotopic (exact) mass is 243 g/mol. The van der Waals surface area contributed by atoms with Crippen molar-refractivity contribution in [1.29, 1.82) is 0 Å². The second kappa shape index (κ2) is 4.62. The summed E-state index contributed by atoms with van der Waals surface area (Å²) in [6, 6.07) is 0. The van der Waals surface area contributed by atoms with Crippen LogP contribution in [0.25, 0.3) is 0 Å². The van der Waals surface area contributed by atoms with Gasteiger partial charge >= 0.3 is 5.97 Å². The van der Waals surface area contributed by atoms with Crippen LogP contribution in [-0.2, 0) is 9.59 Å². The van der Waals surface area contributed by atoms with Crippen molar-refractivity contribution in [3.05, 3.63) is 0 Å². The second-order valence-electron chi connectivity index (χ2n) is 4.86. The van der Waals surface area contributed by atoms with E-state index >= 15 is 0 Å². The van der Waals surface area contributed by atoms with Crippen LogP contribution in [0.4, 0.5) is 0 Å². The fourth-order valence-corrected chi connectivity index (χ4v) is 2.74. The lowest BCUT2D eigenvalue weighted by atomic mass is 9.95. The highest BCUT2D eigenvalue weighted by atomic mass is 16.4. The second-order valence-corrected chi connectivity index (χ2v) is 4.86. The van der Waals surface area contributed by atoms with Gasteiger partial charge in [-0.25, -0.2) is 0 Å². The van der Waals surface area contributed by atoms with Crippen LogP contribution in [0.2, 0.25) is 0 Å². The number of β-amino-alcohol motifs (C(OH)–C–C–N with tert-alkyl or cyclic N) is 2. The number of carboxylic acids is 1. The molecule has 1 aliphatic heterocycles. The fourth-order valence-electron chi connectivity index (χ4n) is 2.74. The molecule has 2 rings (SSSR count). The predicted octanol–water partition coefficient (Wildman–Crippen LogP) is -0.949. The van der Waals surface area contributed by atoms with Crippen molar-refractivity contribution in [2.45, 2.75) is 31.5 Å². The van der Waals surface area contributed by atoms with Gasteiger partial charge in [-0.1, -0.05) is 6.42 Å². The third-order valence-corrected chi connectivity index (χ3v) is 3.72. The smallest absolute Gasteiger partial charge is 0.307 e. The van der Waals surface area contributed by atoms with E-state index in [4.69, 9.17) is 5.11 Å². The highest BCUT2D eigenvalue weighted by Crippen LogP contribution is 2.34. The standard InChI is InChI=1S/C11H17NO5/c13-8-4-12(5-9(8)14)10(15)6-2-1-3-7(6)11(16)17/h6-9,13-14H,1-5H2,(H,16,17)/t6-,7+,8?,9?/m1/s1. The third kappa shape index (κ3) is 2.28. The van der Waals surface area contributed by atoms with Gasteiger partial charge in [-0.3, -0.25) is 9.59 Å². The Morgan fingerprint density at radius 1 is 1.00 bits per heavy atom. The number of hydrogen-bond acceptors (Lipinski definition) is 4. The van der Waals surface area contributed by atoms with Crippen LogP contribution in [-0.4, -0.2) is 57.4 Å². The molecule has 0 aromatic rings. The van der Waals surface area contributed by atoms with Gasteiger partial charge in [-0.15, -0.1) is 0 Å². The zero-order valence-corrected chi connectivity index (χ0v) is 9.45. The Labute approximate surface area is 98.8 Å². The minimum absolute atomic E-state index is 0.100. The molecule has 0 spiro atoms. The van der Waals surface area contributed by atoms with Crippen LogP contribution < -0.4 is 0 Å². The van der Waals surface area contributed by atoms with E-state index in [9.17, 15) is 19.8 Å². The highest BCUT2D eigenvalue weighted by molar-refractivity contribution is 5.85. The Kier molecular flexibility index (Phi) is 3.35. The SMILES string of the molecule is O=C(O)[C@H]1CCC[C@H]1C(=O)N1CC(O)C(O)C1. The summed E-state index contributed by atoms with van der Waals surface area (Å²) in [7, 11) is 0. The van der Waals surface area contributed by atoms with E-state index in [1.165, 1.54) is 4.90 Å². The van der Waals surface area contributed by atoms with Gasteiger partial charge in [0.1, 0.15) is 0 Å². The van der Waals surface area contributed by atoms with Crippen molar-refractivity contribution in [3.8, 4) is 0 Å². The quantitative estimate of drug-likeness (QED) is 0.581. The normalized spacial score (nSPS) is 37.4. The van der Waals surface area contributed by atoms with E-state index in [0.29, 0.717) is 12.8 Å². The van der Waals surface area contributed by atoms with Crippen LogP contribution in [0.15, 0.2) is 0 Å². The fraction of sp³-hybridized carbons (Fsp3) is 0.818. The molecular formula is C11H17NO5. The number of rotatable bonds is 2. The molecule has 3 N–H and O–H groups in total. The summed E-state index contributed by atoms with van der Waals surface area (Å²) in [6.45, 7) is 0.200. The van der Waals surface area contributed by atoms with Crippen LogP contribution in [0, 0.1) is 11.8 Å². The molecule has 96 valence electrons. The number of carbonyl (C=O) groups excluding carboxylic acids is 1. The number of carboxylic acid groups (broad SMARTS) is 1. The molecule has 1 aliphatic carbocycles. The lowest BCUT2D eigenvalue weighted by molar-refractivity contribution is -0.148. The molecule has 2 aliphatic rings. The van der Waals surface area contributed by atoms with E-state index in [-0.39, 0.29) is 19.0 Å². The van der Waals surface area contributed by atoms with E-state index < -0.39 is 30.0 Å². The summed E-state index contributed by atoms with van der Waals surface area (Å²) in [6.07, 6.45) is 0.0300. The minimum atomic E-state index is -0.929. The Balaban J connectivity index is 2.03. The number of likely N-dealkylation sites (tertiary alicyclic amines) is 1. The van der Waals surface area contributed by atoms with Gasteiger partial charge < -0.3 is 20.2 Å². The van der Waals surface area contributed by atoms with Crippen molar-refractivity contribution >= 4 is 11.9 Å². The zero-order valence-electron chi connectivity index (χ0n) is 9.45. The number of hydrogen-bond donors (Lipinski definition) is 3. The summed E-state index contributed by atoms with van der Waals surface area (Å²) in [4.78, 5) is 24.5. The van der Waals surface area contributed by atoms with E-state index in [0.717, 1.165) is 6.42 Å². The summed E-state index contributed by atoms with van der Waals surface area (Å²) < 4.78 is 0. The third-order valence-electron chi connectivity index (χ3n) is 3.72. The lowest BCUT2D eigenvalue weighted by Gasteiger charge is -2.22. The molecule has 0 radical (unpaired) electrons. The number of aliphatic hydroxyl groups is 2. The predicted molar refractivity (Wildman–Crippen MR) is 57.1 cm³/mol. The minimum Gasteiger partial charge on any atom is -0.481 e. The maximum absolute atomic E-state index is 12.1. The molecular weight excluding hydrogens is 226 g/mol. The maximum atomic E-state index is 12.1. The van der Waals surface area contributed by atoms with Crippen LogP contribution in [0.3, 0.4) is 0 Å². The van der Waals surface area contributed by atoms with E-state index in [1.807, 2.05) is 0 Å². The molecule has 0 bridgehead atoms. The first-order chi connectivity index (χ1) is 8.00. The number of aliphatic carboxylic acids is 1. The summed E-state index contributed by atoms with van der Waals surface area (Å²) in [5.74, 6) is -2.28. The van der Waals surface area contributed by atoms with Gasteiger partial charge in [0.25, 0.3) is 0 Å². The average molecular weight is 243 g/mol. The van der Waals surface area contributed by atoms with Gasteiger partial charge in [0.15, 0.2) is 0 Å². The average Bonchev–Trinajstić information content (AvgIpc) is 2.85. The first kappa shape index (κ1) is 12.3. The molecule has 1 saturated heterocycles. The zero-order chi connectivity index (χ0) is 12.6. The van der Waals surface area contributed by atoms with Crippen molar-refractivity contribution in [3.63, 3.8) is 0 Å². The molecule has 2 unspecified atom stereocenters. The van der Waals surface area contributed by atoms with Gasteiger partial charge in [-0.05, 0) is 12.8 Å². The molecule has 17 heavy (non-hydrogen) atoms. The van der Waals surface area contributed by atoms with Crippen LogP contribution >= 0.6 is 0 Å². The Hall–Kier alpha value is -1.14. The van der Waals surface area contributed by atoms with Gasteiger partial charge in [0, 0.05) is 13.1 Å². The number of aliphatic hydroxyl groups excluding tert-OH is 2. The topological polar surface area (TPSA) is 98.1 Å². The molecule has 4 atom stereocenters. The number of carbonyl (C=O) groups is 2. The maximum Gasteiger partial charge on any atom is 0.307 e. The van der Waals surface area contributed by atoms with E-state index in [1.54, 1.807) is 0 Å². The molecule has 0 aromatic heterocycles. The largest absolute Gasteiger partial charge is 0.481 e.